The molecular weight excluding hydrogens is 328 g/mol. The molecule has 2 heterocycles. The minimum atomic E-state index is -3.38. The first kappa shape index (κ1) is 16.7. The predicted molar refractivity (Wildman–Crippen MR) is 90.0 cm³/mol. The Labute approximate surface area is 141 Å². The zero-order chi connectivity index (χ0) is 17.3. The molecule has 1 amide bonds. The van der Waals surface area contributed by atoms with Gasteiger partial charge in [-0.15, -0.1) is 0 Å². The van der Waals surface area contributed by atoms with Crippen LogP contribution in [0, 0.1) is 0 Å². The van der Waals surface area contributed by atoms with Gasteiger partial charge in [0.15, 0.2) is 9.84 Å². The Bertz CT molecular complexity index is 860. The molecule has 1 aliphatic rings. The van der Waals surface area contributed by atoms with Gasteiger partial charge in [0.25, 0.3) is 5.91 Å². The Morgan fingerprint density at radius 2 is 2.08 bits per heavy atom. The molecule has 1 aromatic carbocycles. The van der Waals surface area contributed by atoms with Crippen LogP contribution in [0.2, 0.25) is 0 Å². The second-order valence-corrected chi connectivity index (χ2v) is 8.00. The summed E-state index contributed by atoms with van der Waals surface area (Å²) in [5.74, 6) is -0.0913. The number of para-hydroxylation sites is 1. The fraction of sp³-hybridized carbons (Fsp3) is 0.375. The number of nitrogens with zero attached hydrogens (tertiary/aromatic N) is 3. The molecular formula is C16H20N4O3S. The second-order valence-electron chi connectivity index (χ2n) is 6.02. The van der Waals surface area contributed by atoms with Gasteiger partial charge in [0.2, 0.25) is 0 Å². The van der Waals surface area contributed by atoms with E-state index < -0.39 is 9.84 Å². The molecule has 0 aliphatic carbocycles. The topological polar surface area (TPSA) is 84.3 Å². The first-order valence-corrected chi connectivity index (χ1v) is 9.62. The van der Waals surface area contributed by atoms with Crippen molar-refractivity contribution in [2.24, 2.45) is 0 Å². The van der Waals surface area contributed by atoms with Gasteiger partial charge in [-0.3, -0.25) is 4.79 Å². The van der Waals surface area contributed by atoms with Crippen LogP contribution in [0.5, 0.6) is 0 Å². The molecule has 1 N–H and O–H groups in total. The number of sulfone groups is 1. The van der Waals surface area contributed by atoms with E-state index in [4.69, 9.17) is 0 Å². The van der Waals surface area contributed by atoms with Crippen LogP contribution in [0.4, 0.5) is 0 Å². The van der Waals surface area contributed by atoms with Crippen molar-refractivity contribution < 1.29 is 13.2 Å². The first-order valence-electron chi connectivity index (χ1n) is 7.73. The molecule has 3 rings (SSSR count). The van der Waals surface area contributed by atoms with Crippen molar-refractivity contribution in [3.05, 3.63) is 42.2 Å². The summed E-state index contributed by atoms with van der Waals surface area (Å²) in [5.41, 5.74) is 0.889. The number of hydrogen-bond donors (Lipinski definition) is 1. The molecule has 1 atom stereocenters. The largest absolute Gasteiger partial charge is 0.336 e. The van der Waals surface area contributed by atoms with Gasteiger partial charge in [0.1, 0.15) is 0 Å². The van der Waals surface area contributed by atoms with E-state index in [1.54, 1.807) is 29.3 Å². The van der Waals surface area contributed by atoms with Gasteiger partial charge in [0.05, 0.1) is 22.3 Å². The van der Waals surface area contributed by atoms with E-state index in [1.165, 1.54) is 16.9 Å². The quantitative estimate of drug-likeness (QED) is 0.883. The standard InChI is InChI=1S/C16H20N4O3S/c1-12-10-19(8-7-17-12)16(21)13-9-18-20(11-13)14-5-3-4-6-15(14)24(2,22)23/h3-6,9,11-12,17H,7-8,10H2,1-2H3/t12-/m0/s1. The third-order valence-electron chi connectivity index (χ3n) is 4.00. The molecule has 128 valence electrons. The van der Waals surface area contributed by atoms with Crippen molar-refractivity contribution in [2.75, 3.05) is 25.9 Å². The Hall–Kier alpha value is -2.19. The zero-order valence-corrected chi connectivity index (χ0v) is 14.5. The third-order valence-corrected chi connectivity index (χ3v) is 5.14. The van der Waals surface area contributed by atoms with Gasteiger partial charge in [-0.25, -0.2) is 13.1 Å². The van der Waals surface area contributed by atoms with E-state index >= 15 is 0 Å². The fourth-order valence-electron chi connectivity index (χ4n) is 2.82. The minimum absolute atomic E-state index is 0.0913. The van der Waals surface area contributed by atoms with Crippen LogP contribution in [-0.4, -0.2) is 60.9 Å². The van der Waals surface area contributed by atoms with E-state index in [1.807, 2.05) is 6.92 Å². The number of nitrogens with one attached hydrogen (secondary N) is 1. The van der Waals surface area contributed by atoms with Crippen LogP contribution >= 0.6 is 0 Å². The molecule has 0 unspecified atom stereocenters. The van der Waals surface area contributed by atoms with Crippen molar-refractivity contribution in [3.8, 4) is 5.69 Å². The highest BCUT2D eigenvalue weighted by atomic mass is 32.2. The number of carbonyl (C=O) groups is 1. The van der Waals surface area contributed by atoms with Crippen LogP contribution in [0.1, 0.15) is 17.3 Å². The average molecular weight is 348 g/mol. The van der Waals surface area contributed by atoms with Crippen molar-refractivity contribution in [2.45, 2.75) is 17.9 Å². The van der Waals surface area contributed by atoms with Gasteiger partial charge in [-0.05, 0) is 19.1 Å². The van der Waals surface area contributed by atoms with Crippen LogP contribution in [0.25, 0.3) is 5.69 Å². The lowest BCUT2D eigenvalue weighted by Gasteiger charge is -2.31. The van der Waals surface area contributed by atoms with Gasteiger partial charge >= 0.3 is 0 Å². The summed E-state index contributed by atoms with van der Waals surface area (Å²) in [6.07, 6.45) is 4.22. The molecule has 7 nitrogen and oxygen atoms in total. The Morgan fingerprint density at radius 3 is 2.79 bits per heavy atom. The average Bonchev–Trinajstić information content (AvgIpc) is 3.03. The molecule has 0 saturated carbocycles. The lowest BCUT2D eigenvalue weighted by molar-refractivity contribution is 0.0709. The van der Waals surface area contributed by atoms with Gasteiger partial charge in [-0.2, -0.15) is 5.10 Å². The summed E-state index contributed by atoms with van der Waals surface area (Å²) in [7, 11) is -3.38. The van der Waals surface area contributed by atoms with Gasteiger partial charge in [-0.1, -0.05) is 12.1 Å². The van der Waals surface area contributed by atoms with Crippen molar-refractivity contribution in [1.82, 2.24) is 20.0 Å². The first-order chi connectivity index (χ1) is 11.4. The molecule has 0 spiro atoms. The van der Waals surface area contributed by atoms with Gasteiger partial charge in [0, 0.05) is 38.1 Å². The maximum atomic E-state index is 12.6. The Morgan fingerprint density at radius 1 is 1.33 bits per heavy atom. The minimum Gasteiger partial charge on any atom is -0.336 e. The van der Waals surface area contributed by atoms with E-state index in [9.17, 15) is 13.2 Å². The van der Waals surface area contributed by atoms with Crippen molar-refractivity contribution in [1.29, 1.82) is 0 Å². The Kier molecular flexibility index (Phi) is 4.42. The summed E-state index contributed by atoms with van der Waals surface area (Å²) in [6.45, 7) is 4.08. The highest BCUT2D eigenvalue weighted by Gasteiger charge is 2.23. The number of benzene rings is 1. The van der Waals surface area contributed by atoms with Crippen molar-refractivity contribution in [3.63, 3.8) is 0 Å². The molecule has 2 aromatic rings. The summed E-state index contributed by atoms with van der Waals surface area (Å²) < 4.78 is 25.3. The lowest BCUT2D eigenvalue weighted by atomic mass is 10.2. The molecule has 1 aliphatic heterocycles. The number of rotatable bonds is 3. The highest BCUT2D eigenvalue weighted by Crippen LogP contribution is 2.20. The maximum Gasteiger partial charge on any atom is 0.257 e. The number of hydrogen-bond acceptors (Lipinski definition) is 5. The Balaban J connectivity index is 1.91. The van der Waals surface area contributed by atoms with Crippen LogP contribution in [-0.2, 0) is 9.84 Å². The molecule has 0 bridgehead atoms. The summed E-state index contributed by atoms with van der Waals surface area (Å²) in [4.78, 5) is 14.6. The van der Waals surface area contributed by atoms with E-state index in [2.05, 4.69) is 10.4 Å². The summed E-state index contributed by atoms with van der Waals surface area (Å²) >= 11 is 0. The number of aromatic nitrogens is 2. The lowest BCUT2D eigenvalue weighted by Crippen LogP contribution is -2.51. The monoisotopic (exact) mass is 348 g/mol. The summed E-state index contributed by atoms with van der Waals surface area (Å²) in [6, 6.07) is 6.86. The molecule has 1 saturated heterocycles. The number of piperazine rings is 1. The molecule has 1 aromatic heterocycles. The predicted octanol–water partition coefficient (Wildman–Crippen LogP) is 0.710. The normalized spacial score (nSPS) is 18.6. The van der Waals surface area contributed by atoms with Crippen molar-refractivity contribution >= 4 is 15.7 Å². The number of carbonyl (C=O) groups excluding carboxylic acids is 1. The molecule has 1 fully saturated rings. The van der Waals surface area contributed by atoms with E-state index in [0.29, 0.717) is 24.3 Å². The molecule has 0 radical (unpaired) electrons. The summed E-state index contributed by atoms with van der Waals surface area (Å²) in [5, 5.41) is 7.48. The fourth-order valence-corrected chi connectivity index (χ4v) is 3.69. The second kappa shape index (κ2) is 6.37. The molecule has 24 heavy (non-hydrogen) atoms. The third kappa shape index (κ3) is 3.34. The SMILES string of the molecule is C[C@H]1CN(C(=O)c2cnn(-c3ccccc3S(C)(=O)=O)c2)CCN1. The van der Waals surface area contributed by atoms with E-state index in [-0.39, 0.29) is 16.8 Å². The van der Waals surface area contributed by atoms with Crippen LogP contribution < -0.4 is 5.32 Å². The number of amides is 1. The smallest absolute Gasteiger partial charge is 0.257 e. The zero-order valence-electron chi connectivity index (χ0n) is 13.6. The highest BCUT2D eigenvalue weighted by molar-refractivity contribution is 7.90. The maximum absolute atomic E-state index is 12.6. The van der Waals surface area contributed by atoms with Crippen LogP contribution in [0.15, 0.2) is 41.6 Å². The molecule has 8 heteroatoms. The van der Waals surface area contributed by atoms with Gasteiger partial charge < -0.3 is 10.2 Å². The van der Waals surface area contributed by atoms with E-state index in [0.717, 1.165) is 12.8 Å². The van der Waals surface area contributed by atoms with Crippen LogP contribution in [0.3, 0.4) is 0 Å².